The fourth-order valence-corrected chi connectivity index (χ4v) is 2.53. The molecule has 0 aromatic rings. The van der Waals surface area contributed by atoms with Gasteiger partial charge >= 0.3 is 0 Å². The molecular weight excluding hydrogens is 214 g/mol. The third-order valence-electron chi connectivity index (χ3n) is 2.58. The zero-order chi connectivity index (χ0) is 11.4. The van der Waals surface area contributed by atoms with Crippen LogP contribution in [-0.4, -0.2) is 45.9 Å². The molecule has 1 saturated heterocycles. The largest absolute Gasteiger partial charge is 0.409 e. The molecule has 0 spiro atoms. The van der Waals surface area contributed by atoms with Crippen molar-refractivity contribution in [2.75, 3.05) is 18.1 Å². The van der Waals surface area contributed by atoms with Gasteiger partial charge in [-0.1, -0.05) is 5.16 Å². The summed E-state index contributed by atoms with van der Waals surface area (Å²) >= 11 is 1.85. The van der Waals surface area contributed by atoms with E-state index < -0.39 is 5.92 Å². The number of nitrogens with zero attached hydrogens (tertiary/aromatic N) is 2. The number of carbonyl (C=O) groups excluding carboxylic acids is 1. The lowest BCUT2D eigenvalue weighted by atomic mass is 10.1. The molecule has 1 heterocycles. The van der Waals surface area contributed by atoms with Gasteiger partial charge in [-0.15, -0.1) is 0 Å². The average Bonchev–Trinajstić information content (AvgIpc) is 2.26. The van der Waals surface area contributed by atoms with Crippen LogP contribution in [0.25, 0.3) is 0 Å². The third kappa shape index (κ3) is 2.77. The van der Waals surface area contributed by atoms with Gasteiger partial charge in [0.05, 0.1) is 5.92 Å². The van der Waals surface area contributed by atoms with E-state index >= 15 is 0 Å². The first-order chi connectivity index (χ1) is 7.07. The minimum absolute atomic E-state index is 0.0228. The highest BCUT2D eigenvalue weighted by atomic mass is 32.2. The SMILES string of the molecule is CC(C(=O)N1CCSCC1C)C(N)=NO. The standard InChI is InChI=1S/C9H17N3O2S/c1-6-5-15-4-3-12(6)9(13)7(2)8(10)11-14/h6-7,14H,3-5H2,1-2H3,(H2,10,11). The van der Waals surface area contributed by atoms with Crippen LogP contribution in [-0.2, 0) is 4.79 Å². The second-order valence-corrected chi connectivity index (χ2v) is 4.85. The van der Waals surface area contributed by atoms with Crippen molar-refractivity contribution in [2.24, 2.45) is 16.8 Å². The van der Waals surface area contributed by atoms with E-state index in [1.165, 1.54) is 0 Å². The summed E-state index contributed by atoms with van der Waals surface area (Å²) in [5.41, 5.74) is 5.42. The molecule has 1 aliphatic heterocycles. The fourth-order valence-electron chi connectivity index (χ4n) is 1.52. The maximum absolute atomic E-state index is 12.0. The average molecular weight is 231 g/mol. The van der Waals surface area contributed by atoms with Crippen LogP contribution in [0.5, 0.6) is 0 Å². The van der Waals surface area contributed by atoms with Gasteiger partial charge in [0.2, 0.25) is 5.91 Å². The van der Waals surface area contributed by atoms with E-state index in [1.807, 2.05) is 18.7 Å². The van der Waals surface area contributed by atoms with Gasteiger partial charge in [-0.3, -0.25) is 4.79 Å². The van der Waals surface area contributed by atoms with Crippen LogP contribution in [0, 0.1) is 5.92 Å². The number of amides is 1. The van der Waals surface area contributed by atoms with Crippen molar-refractivity contribution < 1.29 is 10.0 Å². The molecule has 0 aromatic heterocycles. The molecule has 6 heteroatoms. The van der Waals surface area contributed by atoms with Crippen molar-refractivity contribution in [3.05, 3.63) is 0 Å². The monoisotopic (exact) mass is 231 g/mol. The number of amidine groups is 1. The predicted molar refractivity (Wildman–Crippen MR) is 61.1 cm³/mol. The molecule has 0 bridgehead atoms. The number of hydrogen-bond donors (Lipinski definition) is 2. The van der Waals surface area contributed by atoms with Gasteiger partial charge in [-0.25, -0.2) is 0 Å². The van der Waals surface area contributed by atoms with E-state index in [0.29, 0.717) is 0 Å². The van der Waals surface area contributed by atoms with Crippen molar-refractivity contribution >= 4 is 23.5 Å². The van der Waals surface area contributed by atoms with Gasteiger partial charge < -0.3 is 15.8 Å². The molecule has 1 amide bonds. The first-order valence-corrected chi connectivity index (χ1v) is 6.09. The molecule has 0 radical (unpaired) electrons. The van der Waals surface area contributed by atoms with E-state index in [0.717, 1.165) is 18.1 Å². The number of rotatable bonds is 2. The molecule has 2 unspecified atom stereocenters. The second kappa shape index (κ2) is 5.25. The summed E-state index contributed by atoms with van der Waals surface area (Å²) in [6.45, 7) is 4.42. The van der Waals surface area contributed by atoms with Crippen LogP contribution < -0.4 is 5.73 Å². The van der Waals surface area contributed by atoms with Gasteiger partial charge in [-0.05, 0) is 13.8 Å². The van der Waals surface area contributed by atoms with Crippen LogP contribution in [0.15, 0.2) is 5.16 Å². The molecule has 5 nitrogen and oxygen atoms in total. The Hall–Kier alpha value is -0.910. The molecule has 0 aliphatic carbocycles. The summed E-state index contributed by atoms with van der Waals surface area (Å²) < 4.78 is 0. The summed E-state index contributed by atoms with van der Waals surface area (Å²) in [5.74, 6) is 1.29. The zero-order valence-corrected chi connectivity index (χ0v) is 9.83. The topological polar surface area (TPSA) is 78.9 Å². The highest BCUT2D eigenvalue weighted by Gasteiger charge is 2.29. The minimum atomic E-state index is -0.541. The Bertz CT molecular complexity index is 270. The third-order valence-corrected chi connectivity index (χ3v) is 3.77. The maximum atomic E-state index is 12.0. The zero-order valence-electron chi connectivity index (χ0n) is 9.01. The van der Waals surface area contributed by atoms with Gasteiger partial charge in [0.15, 0.2) is 5.84 Å². The molecule has 15 heavy (non-hydrogen) atoms. The maximum Gasteiger partial charge on any atom is 0.233 e. The Morgan fingerprint density at radius 3 is 2.93 bits per heavy atom. The van der Waals surface area contributed by atoms with E-state index in [1.54, 1.807) is 11.8 Å². The molecule has 1 rings (SSSR count). The van der Waals surface area contributed by atoms with E-state index in [-0.39, 0.29) is 17.8 Å². The molecule has 1 aliphatic rings. The molecule has 0 aromatic carbocycles. The summed E-state index contributed by atoms with van der Waals surface area (Å²) in [4.78, 5) is 13.8. The number of thioether (sulfide) groups is 1. The van der Waals surface area contributed by atoms with Gasteiger partial charge in [-0.2, -0.15) is 11.8 Å². The molecule has 86 valence electrons. The van der Waals surface area contributed by atoms with Crippen LogP contribution in [0.2, 0.25) is 0 Å². The van der Waals surface area contributed by atoms with Crippen molar-refractivity contribution in [1.82, 2.24) is 4.90 Å². The normalized spacial score (nSPS) is 25.1. The van der Waals surface area contributed by atoms with Gasteiger partial charge in [0.25, 0.3) is 0 Å². The van der Waals surface area contributed by atoms with Gasteiger partial charge in [0, 0.05) is 24.1 Å². The van der Waals surface area contributed by atoms with Gasteiger partial charge in [0.1, 0.15) is 0 Å². The number of carbonyl (C=O) groups is 1. The first kappa shape index (κ1) is 12.2. The van der Waals surface area contributed by atoms with Crippen molar-refractivity contribution in [2.45, 2.75) is 19.9 Å². The Morgan fingerprint density at radius 2 is 2.40 bits per heavy atom. The van der Waals surface area contributed by atoms with Crippen molar-refractivity contribution in [3.63, 3.8) is 0 Å². The summed E-state index contributed by atoms with van der Waals surface area (Å²) in [6, 6.07) is 0.227. The smallest absolute Gasteiger partial charge is 0.233 e. The molecule has 1 fully saturated rings. The Balaban J connectivity index is 2.66. The fraction of sp³-hybridized carbons (Fsp3) is 0.778. The lowest BCUT2D eigenvalue weighted by molar-refractivity contribution is -0.134. The number of hydrogen-bond acceptors (Lipinski definition) is 4. The van der Waals surface area contributed by atoms with Crippen LogP contribution >= 0.6 is 11.8 Å². The van der Waals surface area contributed by atoms with Crippen molar-refractivity contribution in [3.8, 4) is 0 Å². The van der Waals surface area contributed by atoms with E-state index in [4.69, 9.17) is 10.9 Å². The number of nitrogens with two attached hydrogens (primary N) is 1. The predicted octanol–water partition coefficient (Wildman–Crippen LogP) is 0.333. The minimum Gasteiger partial charge on any atom is -0.409 e. The second-order valence-electron chi connectivity index (χ2n) is 3.70. The lowest BCUT2D eigenvalue weighted by Crippen LogP contribution is -2.49. The highest BCUT2D eigenvalue weighted by molar-refractivity contribution is 7.99. The van der Waals surface area contributed by atoms with E-state index in [2.05, 4.69) is 5.16 Å². The van der Waals surface area contributed by atoms with Crippen LogP contribution in [0.1, 0.15) is 13.8 Å². The van der Waals surface area contributed by atoms with E-state index in [9.17, 15) is 4.79 Å². The number of oxime groups is 1. The Kier molecular flexibility index (Phi) is 4.26. The van der Waals surface area contributed by atoms with Crippen molar-refractivity contribution in [1.29, 1.82) is 0 Å². The summed E-state index contributed by atoms with van der Waals surface area (Å²) in [6.07, 6.45) is 0. The van der Waals surface area contributed by atoms with Crippen LogP contribution in [0.3, 0.4) is 0 Å². The molecule has 2 atom stereocenters. The summed E-state index contributed by atoms with van der Waals surface area (Å²) in [5, 5.41) is 11.4. The summed E-state index contributed by atoms with van der Waals surface area (Å²) in [7, 11) is 0. The lowest BCUT2D eigenvalue weighted by Gasteiger charge is -2.34. The molecule has 3 N–H and O–H groups in total. The Morgan fingerprint density at radius 1 is 1.73 bits per heavy atom. The molecule has 0 saturated carbocycles. The molecular formula is C9H17N3O2S. The highest BCUT2D eigenvalue weighted by Crippen LogP contribution is 2.18. The Labute approximate surface area is 93.7 Å². The first-order valence-electron chi connectivity index (χ1n) is 4.93. The quantitative estimate of drug-likeness (QED) is 0.311. The van der Waals surface area contributed by atoms with Crippen LogP contribution in [0.4, 0.5) is 0 Å².